The maximum absolute atomic E-state index is 14.2. The minimum Gasteiger partial charge on any atom is -0.462 e. The molecular weight excluding hydrogens is 685 g/mol. The monoisotopic (exact) mass is 690 g/mol. The first kappa shape index (κ1) is 39.7. The SMILES string of the molecule is CCOC(=O)[C@@](F)(OC(F)(F)[C@@](F)(OC(F)(F)[C@](F)(OC(F)(C(F)(F)F)C(F)(F)F)C(F)(F)F)C(F)(F)F)C(F)(F)F. The van der Waals surface area contributed by atoms with Crippen molar-refractivity contribution in [2.75, 3.05) is 6.61 Å². The molecule has 0 aromatic rings. The van der Waals surface area contributed by atoms with Gasteiger partial charge in [-0.2, -0.15) is 101 Å². The molecule has 0 aromatic carbocycles. The van der Waals surface area contributed by atoms with Crippen molar-refractivity contribution < 1.29 is 125 Å². The normalized spacial score (nSPS) is 19.5. The van der Waals surface area contributed by atoms with E-state index in [1.54, 1.807) is 4.74 Å². The topological polar surface area (TPSA) is 54.0 Å². The van der Waals surface area contributed by atoms with Gasteiger partial charge in [-0.05, 0) is 6.92 Å². The molecule has 0 bridgehead atoms. The van der Waals surface area contributed by atoms with Crippen LogP contribution < -0.4 is 0 Å². The summed E-state index contributed by atoms with van der Waals surface area (Å²) in [4.78, 5) is 11.0. The Kier molecular flexibility index (Phi) is 10.1. The van der Waals surface area contributed by atoms with E-state index in [2.05, 4.69) is 4.74 Å². The summed E-state index contributed by atoms with van der Waals surface area (Å²) in [6.45, 7) is -1.11. The zero-order valence-corrected chi connectivity index (χ0v) is 18.4. The number of alkyl halides is 23. The largest absolute Gasteiger partial charge is 0.462 e. The number of hydrogen-bond donors (Lipinski definition) is 0. The van der Waals surface area contributed by atoms with Crippen molar-refractivity contribution in [2.45, 2.75) is 73.4 Å². The number of carbonyl (C=O) groups excluding carboxylic acids is 1. The molecule has 0 aliphatic carbocycles. The molecule has 3 atom stereocenters. The molecule has 0 heterocycles. The van der Waals surface area contributed by atoms with Crippen molar-refractivity contribution in [2.24, 2.45) is 0 Å². The van der Waals surface area contributed by atoms with E-state index >= 15 is 0 Å². The first-order valence-corrected chi connectivity index (χ1v) is 8.98. The number of carbonyl (C=O) groups is 1. The van der Waals surface area contributed by atoms with Crippen molar-refractivity contribution in [3.05, 3.63) is 0 Å². The molecule has 0 saturated heterocycles. The molecule has 0 aliphatic rings. The van der Waals surface area contributed by atoms with Gasteiger partial charge >= 0.3 is 72.5 Å². The third kappa shape index (κ3) is 6.62. The molecule has 0 fully saturated rings. The van der Waals surface area contributed by atoms with Crippen molar-refractivity contribution in [3.8, 4) is 0 Å². The van der Waals surface area contributed by atoms with Crippen molar-refractivity contribution in [3.63, 3.8) is 0 Å². The minimum absolute atomic E-state index is 0.413. The van der Waals surface area contributed by atoms with Gasteiger partial charge in [-0.15, -0.1) is 0 Å². The van der Waals surface area contributed by atoms with Gasteiger partial charge in [-0.3, -0.25) is 14.2 Å². The first-order valence-electron chi connectivity index (χ1n) is 8.98. The second-order valence-corrected chi connectivity index (χ2v) is 6.93. The van der Waals surface area contributed by atoms with Crippen LogP contribution in [0.1, 0.15) is 6.92 Å². The summed E-state index contributed by atoms with van der Waals surface area (Å²) in [7, 11) is 0. The van der Waals surface area contributed by atoms with Gasteiger partial charge in [0.15, 0.2) is 0 Å². The van der Waals surface area contributed by atoms with Gasteiger partial charge in [0.1, 0.15) is 0 Å². The summed E-state index contributed by atoms with van der Waals surface area (Å²) < 4.78 is 309. The van der Waals surface area contributed by atoms with E-state index in [0.29, 0.717) is 6.92 Å². The van der Waals surface area contributed by atoms with Crippen LogP contribution in [-0.2, 0) is 23.7 Å². The van der Waals surface area contributed by atoms with E-state index in [1.165, 1.54) is 0 Å². The van der Waals surface area contributed by atoms with Crippen LogP contribution in [0.25, 0.3) is 0 Å². The highest BCUT2D eigenvalue weighted by Crippen LogP contribution is 2.59. The van der Waals surface area contributed by atoms with Crippen LogP contribution in [0.4, 0.5) is 101 Å². The van der Waals surface area contributed by atoms with Crippen LogP contribution >= 0.6 is 0 Å². The average molecular weight is 690 g/mol. The number of ether oxygens (including phenoxy) is 4. The Bertz CT molecular complexity index is 947. The molecule has 0 saturated carbocycles. The fourth-order valence-electron chi connectivity index (χ4n) is 1.96. The molecular formula is C14H5F23O5. The lowest BCUT2D eigenvalue weighted by Crippen LogP contribution is -2.71. The Balaban J connectivity index is 7.42. The van der Waals surface area contributed by atoms with Gasteiger partial charge < -0.3 is 4.74 Å². The summed E-state index contributed by atoms with van der Waals surface area (Å²) in [6, 6.07) is 0. The maximum atomic E-state index is 14.2. The summed E-state index contributed by atoms with van der Waals surface area (Å²) in [5.74, 6) is -36.8. The van der Waals surface area contributed by atoms with Gasteiger partial charge in [-0.25, -0.2) is 4.79 Å². The Morgan fingerprint density at radius 2 is 0.714 bits per heavy atom. The Labute approximate surface area is 212 Å². The third-order valence-electron chi connectivity index (χ3n) is 3.93. The zero-order valence-electron chi connectivity index (χ0n) is 18.4. The Hall–Kier alpha value is -2.26. The molecule has 0 spiro atoms. The van der Waals surface area contributed by atoms with E-state index in [-0.39, 0.29) is 0 Å². The summed E-state index contributed by atoms with van der Waals surface area (Å²) in [6.07, 6.45) is -57.8. The number of hydrogen-bond acceptors (Lipinski definition) is 5. The molecule has 0 aromatic heterocycles. The Morgan fingerprint density at radius 1 is 0.429 bits per heavy atom. The second-order valence-electron chi connectivity index (χ2n) is 6.93. The average Bonchev–Trinajstić information content (AvgIpc) is 2.68. The van der Waals surface area contributed by atoms with Gasteiger partial charge in [0, 0.05) is 0 Å². The summed E-state index contributed by atoms with van der Waals surface area (Å²) >= 11 is 0. The van der Waals surface area contributed by atoms with Crippen LogP contribution in [0.15, 0.2) is 0 Å². The molecule has 0 aliphatic heterocycles. The highest BCUT2D eigenvalue weighted by Gasteiger charge is 2.89. The van der Waals surface area contributed by atoms with Gasteiger partial charge in [-0.1, -0.05) is 0 Å². The lowest BCUT2D eigenvalue weighted by Gasteiger charge is -2.43. The maximum Gasteiger partial charge on any atom is 0.460 e. The van der Waals surface area contributed by atoms with Crippen LogP contribution in [0.3, 0.4) is 0 Å². The fourth-order valence-corrected chi connectivity index (χ4v) is 1.96. The van der Waals surface area contributed by atoms with Crippen LogP contribution in [0, 0.1) is 0 Å². The van der Waals surface area contributed by atoms with Gasteiger partial charge in [0.05, 0.1) is 6.61 Å². The van der Waals surface area contributed by atoms with Gasteiger partial charge in [0.2, 0.25) is 0 Å². The first-order chi connectivity index (χ1) is 17.9. The highest BCUT2D eigenvalue weighted by atomic mass is 19.4. The van der Waals surface area contributed by atoms with E-state index in [9.17, 15) is 106 Å². The van der Waals surface area contributed by atoms with Crippen LogP contribution in [0.2, 0.25) is 0 Å². The van der Waals surface area contributed by atoms with Crippen LogP contribution in [-0.4, -0.2) is 79.1 Å². The molecule has 0 rings (SSSR count). The van der Waals surface area contributed by atoms with Crippen molar-refractivity contribution >= 4 is 5.97 Å². The summed E-state index contributed by atoms with van der Waals surface area (Å²) in [5, 5.41) is 0. The molecule has 42 heavy (non-hydrogen) atoms. The molecule has 0 radical (unpaired) electrons. The lowest BCUT2D eigenvalue weighted by molar-refractivity contribution is -0.579. The molecule has 0 unspecified atom stereocenters. The molecule has 28 heteroatoms. The predicted molar refractivity (Wildman–Crippen MR) is 75.4 cm³/mol. The number of rotatable bonds is 10. The molecule has 252 valence electrons. The van der Waals surface area contributed by atoms with E-state index in [1.807, 2.05) is 0 Å². The predicted octanol–water partition coefficient (Wildman–Crippen LogP) is 7.26. The van der Waals surface area contributed by atoms with Crippen molar-refractivity contribution in [1.82, 2.24) is 0 Å². The second kappa shape index (κ2) is 10.7. The minimum atomic E-state index is -8.81. The lowest BCUT2D eigenvalue weighted by atomic mass is 10.2. The smallest absolute Gasteiger partial charge is 0.460 e. The van der Waals surface area contributed by atoms with Crippen LogP contribution in [0.5, 0.6) is 0 Å². The van der Waals surface area contributed by atoms with E-state index in [0.717, 1.165) is 9.47 Å². The molecule has 0 N–H and O–H groups in total. The summed E-state index contributed by atoms with van der Waals surface area (Å²) in [5.41, 5.74) is 0. The molecule has 0 amide bonds. The standard InChI is InChI=1S/C14H5F23O5/c1-2-39-3(38)4(15,8(19,20)21)40-13(34,35)7(18,12(31,32)33)42-14(36,37)6(17,11(28,29)30)41-5(16,9(22,23)24)10(25,26)27/h2H2,1H3/t4-,6-,7+/m1/s1. The number of halogens is 23. The van der Waals surface area contributed by atoms with E-state index in [4.69, 9.17) is 0 Å². The third-order valence-corrected chi connectivity index (χ3v) is 3.93. The Morgan fingerprint density at radius 3 is 0.976 bits per heavy atom. The fraction of sp³-hybridized carbons (Fsp3) is 0.929. The zero-order chi connectivity index (χ0) is 34.6. The molecule has 5 nitrogen and oxygen atoms in total. The van der Waals surface area contributed by atoms with Gasteiger partial charge in [0.25, 0.3) is 0 Å². The number of esters is 1. The highest BCUT2D eigenvalue weighted by molar-refractivity contribution is 5.78. The van der Waals surface area contributed by atoms with E-state index < -0.39 is 79.1 Å². The van der Waals surface area contributed by atoms with Crippen molar-refractivity contribution in [1.29, 1.82) is 0 Å². The quantitative estimate of drug-likeness (QED) is 0.179.